The fourth-order valence-electron chi connectivity index (χ4n) is 3.51. The van der Waals surface area contributed by atoms with Crippen LogP contribution in [0.2, 0.25) is 0 Å². The van der Waals surface area contributed by atoms with Gasteiger partial charge in [-0.3, -0.25) is 15.1 Å². The molecule has 0 aliphatic carbocycles. The number of anilines is 2. The summed E-state index contributed by atoms with van der Waals surface area (Å²) in [4.78, 5) is 18.9. The molecule has 0 amide bonds. The lowest BCUT2D eigenvalue weighted by Crippen LogP contribution is -2.18. The van der Waals surface area contributed by atoms with Crippen LogP contribution in [0.5, 0.6) is 0 Å². The molecule has 0 aromatic carbocycles. The molecule has 0 spiro atoms. The number of fused-ring (bicyclic) bond motifs is 1. The van der Waals surface area contributed by atoms with E-state index in [9.17, 15) is 0 Å². The van der Waals surface area contributed by atoms with E-state index in [2.05, 4.69) is 50.5 Å². The van der Waals surface area contributed by atoms with Gasteiger partial charge in [0.25, 0.3) is 0 Å². The van der Waals surface area contributed by atoms with Crippen LogP contribution in [-0.2, 0) is 19.6 Å². The molecule has 6 N–H and O–H groups in total. The van der Waals surface area contributed by atoms with E-state index in [4.69, 9.17) is 5.73 Å². The first kappa shape index (κ1) is 19.8. The van der Waals surface area contributed by atoms with Crippen molar-refractivity contribution in [3.8, 4) is 0 Å². The molecule has 0 saturated heterocycles. The Morgan fingerprint density at radius 2 is 1.57 bits per heavy atom. The number of H-pyrrole nitrogens is 3. The van der Waals surface area contributed by atoms with Crippen molar-refractivity contribution < 1.29 is 0 Å². The summed E-state index contributed by atoms with van der Waals surface area (Å²) < 4.78 is 0. The minimum atomic E-state index is 0.367. The van der Waals surface area contributed by atoms with Gasteiger partial charge in [-0.1, -0.05) is 0 Å². The second-order valence-corrected chi connectivity index (χ2v) is 7.67. The van der Waals surface area contributed by atoms with E-state index >= 15 is 0 Å². The number of hydrogen-bond acceptors (Lipinski definition) is 8. The summed E-state index contributed by atoms with van der Waals surface area (Å²) in [5.74, 6) is 1.59. The number of nitrogens with zero attached hydrogens (tertiary/aromatic N) is 6. The molecule has 4 rings (SSSR count). The van der Waals surface area contributed by atoms with Gasteiger partial charge in [-0.15, -0.1) is 0 Å². The monoisotopic (exact) mass is 409 g/mol. The third kappa shape index (κ3) is 3.83. The highest BCUT2D eigenvalue weighted by Gasteiger charge is 2.15. The van der Waals surface area contributed by atoms with E-state index in [0.29, 0.717) is 36.0 Å². The Morgan fingerprint density at radius 1 is 0.900 bits per heavy atom. The first-order valence-electron chi connectivity index (χ1n) is 9.77. The van der Waals surface area contributed by atoms with Gasteiger partial charge in [-0.25, -0.2) is 4.98 Å². The summed E-state index contributed by atoms with van der Waals surface area (Å²) in [7, 11) is 2.04. The minimum Gasteiger partial charge on any atom is -0.382 e. The molecule has 0 aliphatic heterocycles. The van der Waals surface area contributed by atoms with Gasteiger partial charge in [0.2, 0.25) is 5.95 Å². The third-order valence-electron chi connectivity index (χ3n) is 5.26. The standard InChI is InChI=1S/C19H27N11/c1-9-13(10(2)27-26-9)6-21-19-24-17(20)16-18(25-19)23-15(22-16)8-30(5)7-14-11(3)28-29-12(14)4/h6-8H2,1-5H3,(H,26,27)(H,28,29)(H4,20,21,22,23,24,25). The topological polar surface area (TPSA) is 153 Å². The maximum absolute atomic E-state index is 6.15. The number of rotatable bonds is 7. The van der Waals surface area contributed by atoms with Crippen molar-refractivity contribution in [1.82, 2.24) is 45.2 Å². The zero-order chi connectivity index (χ0) is 21.4. The largest absolute Gasteiger partial charge is 0.382 e. The smallest absolute Gasteiger partial charge is 0.227 e. The summed E-state index contributed by atoms with van der Waals surface area (Å²) in [6.45, 7) is 9.93. The molecule has 4 aromatic heterocycles. The molecule has 158 valence electrons. The summed E-state index contributed by atoms with van der Waals surface area (Å²) in [5, 5.41) is 17.7. The van der Waals surface area contributed by atoms with Crippen LogP contribution in [-0.4, -0.2) is 52.3 Å². The van der Waals surface area contributed by atoms with Gasteiger partial charge in [-0.05, 0) is 34.7 Å². The van der Waals surface area contributed by atoms with Crippen molar-refractivity contribution in [2.24, 2.45) is 0 Å². The first-order valence-corrected chi connectivity index (χ1v) is 9.77. The van der Waals surface area contributed by atoms with Gasteiger partial charge in [0.1, 0.15) is 11.3 Å². The zero-order valence-electron chi connectivity index (χ0n) is 17.9. The average molecular weight is 410 g/mol. The van der Waals surface area contributed by atoms with Crippen LogP contribution in [0.1, 0.15) is 39.7 Å². The maximum Gasteiger partial charge on any atom is 0.227 e. The van der Waals surface area contributed by atoms with Gasteiger partial charge in [-0.2, -0.15) is 20.2 Å². The Morgan fingerprint density at radius 3 is 2.20 bits per heavy atom. The molecule has 0 radical (unpaired) electrons. The maximum atomic E-state index is 6.15. The van der Waals surface area contributed by atoms with Crippen molar-refractivity contribution in [3.63, 3.8) is 0 Å². The zero-order valence-corrected chi connectivity index (χ0v) is 17.9. The van der Waals surface area contributed by atoms with E-state index in [0.717, 1.165) is 40.7 Å². The van der Waals surface area contributed by atoms with Gasteiger partial charge >= 0.3 is 0 Å². The average Bonchev–Trinajstić information content (AvgIpc) is 3.34. The Kier molecular flexibility index (Phi) is 5.12. The number of aryl methyl sites for hydroxylation is 4. The lowest BCUT2D eigenvalue weighted by Gasteiger charge is -2.15. The Hall–Kier alpha value is -3.47. The lowest BCUT2D eigenvalue weighted by atomic mass is 10.2. The number of aromatic nitrogens is 8. The van der Waals surface area contributed by atoms with Crippen LogP contribution >= 0.6 is 0 Å². The number of nitrogen functional groups attached to an aromatic ring is 1. The van der Waals surface area contributed by atoms with Crippen LogP contribution < -0.4 is 11.1 Å². The highest BCUT2D eigenvalue weighted by Crippen LogP contribution is 2.20. The molecule has 30 heavy (non-hydrogen) atoms. The van der Waals surface area contributed by atoms with Crippen LogP contribution in [0.3, 0.4) is 0 Å². The Labute approximate surface area is 173 Å². The van der Waals surface area contributed by atoms with Crippen molar-refractivity contribution in [1.29, 1.82) is 0 Å². The van der Waals surface area contributed by atoms with Crippen molar-refractivity contribution >= 4 is 22.9 Å². The Bertz CT molecular complexity index is 1140. The van der Waals surface area contributed by atoms with Gasteiger partial charge in [0.05, 0.1) is 17.9 Å². The molecule has 0 aliphatic rings. The molecule has 4 aromatic rings. The molecule has 0 saturated carbocycles. The number of nitrogens with two attached hydrogens (primary N) is 1. The van der Waals surface area contributed by atoms with E-state index in [1.54, 1.807) is 0 Å². The van der Waals surface area contributed by atoms with Gasteiger partial charge < -0.3 is 16.0 Å². The van der Waals surface area contributed by atoms with Crippen molar-refractivity contribution in [3.05, 3.63) is 39.7 Å². The van der Waals surface area contributed by atoms with E-state index in [1.807, 2.05) is 34.7 Å². The van der Waals surface area contributed by atoms with E-state index < -0.39 is 0 Å². The normalized spacial score (nSPS) is 11.7. The number of nitrogens with one attached hydrogen (secondary N) is 4. The fourth-order valence-corrected chi connectivity index (χ4v) is 3.51. The molecular formula is C19H27N11. The Balaban J connectivity index is 1.49. The quantitative estimate of drug-likeness (QED) is 0.310. The summed E-state index contributed by atoms with van der Waals surface area (Å²) in [5.41, 5.74) is 13.7. The molecule has 11 heteroatoms. The van der Waals surface area contributed by atoms with Crippen LogP contribution in [0.4, 0.5) is 11.8 Å². The summed E-state index contributed by atoms with van der Waals surface area (Å²) >= 11 is 0. The van der Waals surface area contributed by atoms with E-state index in [1.165, 1.54) is 5.56 Å². The number of imidazole rings is 1. The molecule has 11 nitrogen and oxygen atoms in total. The summed E-state index contributed by atoms with van der Waals surface area (Å²) in [6, 6.07) is 0. The lowest BCUT2D eigenvalue weighted by molar-refractivity contribution is 0.310. The van der Waals surface area contributed by atoms with E-state index in [-0.39, 0.29) is 0 Å². The molecule has 0 fully saturated rings. The van der Waals surface area contributed by atoms with Crippen LogP contribution in [0.15, 0.2) is 0 Å². The van der Waals surface area contributed by atoms with Gasteiger partial charge in [0, 0.05) is 35.6 Å². The molecule has 4 heterocycles. The van der Waals surface area contributed by atoms with Gasteiger partial charge in [0.15, 0.2) is 11.5 Å². The molecule has 0 atom stereocenters. The third-order valence-corrected chi connectivity index (χ3v) is 5.26. The van der Waals surface area contributed by atoms with Crippen LogP contribution in [0.25, 0.3) is 11.2 Å². The van der Waals surface area contributed by atoms with Crippen molar-refractivity contribution in [2.75, 3.05) is 18.1 Å². The highest BCUT2D eigenvalue weighted by molar-refractivity contribution is 5.82. The number of hydrogen-bond donors (Lipinski definition) is 5. The van der Waals surface area contributed by atoms with Crippen LogP contribution in [0, 0.1) is 27.7 Å². The second-order valence-electron chi connectivity index (χ2n) is 7.67. The molecule has 0 bridgehead atoms. The molecule has 0 unspecified atom stereocenters. The molecular weight excluding hydrogens is 382 g/mol. The van der Waals surface area contributed by atoms with Crippen molar-refractivity contribution in [2.45, 2.75) is 47.3 Å². The highest BCUT2D eigenvalue weighted by atomic mass is 15.2. The second kappa shape index (κ2) is 7.75. The predicted molar refractivity (Wildman–Crippen MR) is 115 cm³/mol. The predicted octanol–water partition coefficient (Wildman–Crippen LogP) is 1.86. The summed E-state index contributed by atoms with van der Waals surface area (Å²) in [6.07, 6.45) is 0. The fraction of sp³-hybridized carbons (Fsp3) is 0.421. The first-order chi connectivity index (χ1) is 14.3. The SMILES string of the molecule is Cc1n[nH]c(C)c1CNc1nc(N)c2[nH]c(CN(C)Cc3c(C)n[nH]c3C)nc2n1. The minimum absolute atomic E-state index is 0.367. The number of aromatic amines is 3.